The second kappa shape index (κ2) is 11.6. The van der Waals surface area contributed by atoms with Crippen molar-refractivity contribution < 1.29 is 22.0 Å². The molecular formula is C8H15ClF2O3S2. The van der Waals surface area contributed by atoms with Crippen LogP contribution < -0.4 is 0 Å². The highest BCUT2D eigenvalue weighted by Crippen LogP contribution is 2.02. The minimum Gasteiger partial charge on any atom is -0.288 e. The van der Waals surface area contributed by atoms with Gasteiger partial charge in [-0.05, 0) is 12.8 Å². The Labute approximate surface area is 103 Å². The maximum Gasteiger partial charge on any atom is 0.232 e. The molecular weight excluding hydrogens is 282 g/mol. The topological polar surface area (TPSA) is 51.2 Å². The third kappa shape index (κ3) is 23.7. The number of hydrogen-bond donors (Lipinski definition) is 0. The Hall–Kier alpha value is 0.120. The molecule has 0 aromatic rings. The van der Waals surface area contributed by atoms with E-state index in [4.69, 9.17) is 10.7 Å². The highest BCUT2D eigenvalue weighted by atomic mass is 35.7. The lowest BCUT2D eigenvalue weighted by molar-refractivity contribution is -0.109. The minimum atomic E-state index is -3.45. The standard InChI is InChI=1S/C5H9FOS.C3H6ClFO2S/c1-5(7)8-4-2-3-6;4-8(6,7)3-1-2-5/h2-4H2,1H3;1-3H2. The molecule has 0 heterocycles. The van der Waals surface area contributed by atoms with E-state index in [9.17, 15) is 22.0 Å². The molecule has 16 heavy (non-hydrogen) atoms. The number of carbonyl (C=O) groups is 1. The van der Waals surface area contributed by atoms with Crippen molar-refractivity contribution in [2.45, 2.75) is 19.8 Å². The Bertz CT molecular complexity index is 270. The number of rotatable bonds is 6. The van der Waals surface area contributed by atoms with Crippen LogP contribution in [0.25, 0.3) is 0 Å². The zero-order valence-corrected chi connectivity index (χ0v) is 11.3. The molecule has 0 atom stereocenters. The monoisotopic (exact) mass is 296 g/mol. The van der Waals surface area contributed by atoms with Crippen LogP contribution in [0.4, 0.5) is 8.78 Å². The van der Waals surface area contributed by atoms with E-state index in [1.165, 1.54) is 18.7 Å². The molecule has 0 aromatic carbocycles. The van der Waals surface area contributed by atoms with Crippen molar-refractivity contribution in [3.8, 4) is 0 Å². The van der Waals surface area contributed by atoms with Gasteiger partial charge in [-0.25, -0.2) is 8.42 Å². The van der Waals surface area contributed by atoms with Gasteiger partial charge in [0.15, 0.2) is 5.12 Å². The van der Waals surface area contributed by atoms with Gasteiger partial charge < -0.3 is 0 Å². The summed E-state index contributed by atoms with van der Waals surface area (Å²) in [7, 11) is 1.26. The van der Waals surface area contributed by atoms with Gasteiger partial charge in [-0.1, -0.05) is 11.8 Å². The van der Waals surface area contributed by atoms with E-state index in [1.807, 2.05) is 0 Å². The number of alkyl halides is 2. The van der Waals surface area contributed by atoms with Crippen molar-refractivity contribution in [2.75, 3.05) is 24.9 Å². The van der Waals surface area contributed by atoms with Gasteiger partial charge in [0.25, 0.3) is 0 Å². The summed E-state index contributed by atoms with van der Waals surface area (Å²) >= 11 is 1.18. The van der Waals surface area contributed by atoms with Crippen LogP contribution in [0.2, 0.25) is 0 Å². The summed E-state index contributed by atoms with van der Waals surface area (Å²) in [6.45, 7) is 0.537. The number of thioether (sulfide) groups is 1. The van der Waals surface area contributed by atoms with Crippen LogP contribution in [0.5, 0.6) is 0 Å². The fourth-order valence-corrected chi connectivity index (χ4v) is 1.82. The minimum absolute atomic E-state index is 0.00810. The maximum atomic E-state index is 11.3. The van der Waals surface area contributed by atoms with Crippen molar-refractivity contribution in [3.63, 3.8) is 0 Å². The average Bonchev–Trinajstić information content (AvgIpc) is 2.14. The van der Waals surface area contributed by atoms with Crippen molar-refractivity contribution in [1.29, 1.82) is 0 Å². The highest BCUT2D eigenvalue weighted by Gasteiger charge is 2.02. The fourth-order valence-electron chi connectivity index (χ4n) is 0.497. The zero-order chi connectivity index (χ0) is 13.0. The summed E-state index contributed by atoms with van der Waals surface area (Å²) < 4.78 is 42.5. The van der Waals surface area contributed by atoms with Crippen molar-refractivity contribution in [1.82, 2.24) is 0 Å². The summed E-state index contributed by atoms with van der Waals surface area (Å²) in [4.78, 5) is 10.2. The quantitative estimate of drug-likeness (QED) is 0.558. The number of carbonyl (C=O) groups excluding carboxylic acids is 1. The Morgan fingerprint density at radius 2 is 1.75 bits per heavy atom. The Kier molecular flexibility index (Phi) is 13.4. The molecule has 0 amide bonds. The van der Waals surface area contributed by atoms with Crippen molar-refractivity contribution in [2.24, 2.45) is 0 Å². The first-order valence-corrected chi connectivity index (χ1v) is 7.97. The molecule has 0 N–H and O–H groups in total. The first-order valence-electron chi connectivity index (χ1n) is 4.51. The second-order valence-corrected chi connectivity index (χ2v) is 6.84. The molecule has 0 aliphatic rings. The molecule has 0 aromatic heterocycles. The fraction of sp³-hybridized carbons (Fsp3) is 0.875. The van der Waals surface area contributed by atoms with Gasteiger partial charge in [-0.3, -0.25) is 13.6 Å². The van der Waals surface area contributed by atoms with Gasteiger partial charge in [-0.15, -0.1) is 0 Å². The second-order valence-electron chi connectivity index (χ2n) is 2.67. The van der Waals surface area contributed by atoms with Crippen LogP contribution in [0.15, 0.2) is 0 Å². The predicted molar refractivity (Wildman–Crippen MR) is 64.0 cm³/mol. The van der Waals surface area contributed by atoms with Gasteiger partial charge in [0.05, 0.1) is 19.1 Å². The molecule has 0 unspecified atom stereocenters. The van der Waals surface area contributed by atoms with Gasteiger partial charge in [0.1, 0.15) is 0 Å². The van der Waals surface area contributed by atoms with Crippen LogP contribution in [0.1, 0.15) is 19.8 Å². The van der Waals surface area contributed by atoms with Crippen LogP contribution in [0, 0.1) is 0 Å². The van der Waals surface area contributed by atoms with Crippen LogP contribution >= 0.6 is 22.4 Å². The third-order valence-electron chi connectivity index (χ3n) is 1.11. The van der Waals surface area contributed by atoms with Gasteiger partial charge >= 0.3 is 0 Å². The molecule has 0 saturated carbocycles. The predicted octanol–water partition coefficient (Wildman–Crippen LogP) is 2.54. The van der Waals surface area contributed by atoms with E-state index in [-0.39, 0.29) is 24.0 Å². The first-order chi connectivity index (χ1) is 7.33. The first kappa shape index (κ1) is 18.5. The lowest BCUT2D eigenvalue weighted by Crippen LogP contribution is -1.96. The summed E-state index contributed by atoms with van der Waals surface area (Å²) in [5, 5.41) is 0.0680. The third-order valence-corrected chi connectivity index (χ3v) is 3.24. The van der Waals surface area contributed by atoms with Gasteiger partial charge in [0, 0.05) is 23.4 Å². The van der Waals surface area contributed by atoms with Gasteiger partial charge in [-0.2, -0.15) is 0 Å². The maximum absolute atomic E-state index is 11.3. The number of hydrogen-bond acceptors (Lipinski definition) is 4. The molecule has 0 bridgehead atoms. The van der Waals surface area contributed by atoms with E-state index < -0.39 is 15.7 Å². The Balaban J connectivity index is 0. The average molecular weight is 297 g/mol. The summed E-state index contributed by atoms with van der Waals surface area (Å²) in [5.41, 5.74) is 0. The molecule has 98 valence electrons. The van der Waals surface area contributed by atoms with E-state index in [2.05, 4.69) is 0 Å². The highest BCUT2D eigenvalue weighted by molar-refractivity contribution is 8.13. The van der Waals surface area contributed by atoms with Gasteiger partial charge in [0.2, 0.25) is 9.05 Å². The van der Waals surface area contributed by atoms with Crippen LogP contribution in [-0.4, -0.2) is 38.4 Å². The lowest BCUT2D eigenvalue weighted by Gasteiger charge is -1.89. The Morgan fingerprint density at radius 1 is 1.25 bits per heavy atom. The van der Waals surface area contributed by atoms with Crippen molar-refractivity contribution >= 4 is 36.6 Å². The van der Waals surface area contributed by atoms with E-state index in [0.29, 0.717) is 12.2 Å². The largest absolute Gasteiger partial charge is 0.288 e. The SMILES string of the molecule is CC(=O)SCCCF.O=S(=O)(Cl)CCCF. The zero-order valence-electron chi connectivity index (χ0n) is 8.92. The molecule has 0 fully saturated rings. The summed E-state index contributed by atoms with van der Waals surface area (Å²) in [5.74, 6) is 0.344. The molecule has 0 radical (unpaired) electrons. The number of halogens is 3. The molecule has 0 aliphatic carbocycles. The van der Waals surface area contributed by atoms with Crippen LogP contribution in [-0.2, 0) is 13.8 Å². The van der Waals surface area contributed by atoms with E-state index >= 15 is 0 Å². The lowest BCUT2D eigenvalue weighted by atomic mass is 10.6. The molecule has 0 aliphatic heterocycles. The smallest absolute Gasteiger partial charge is 0.232 e. The molecule has 0 spiro atoms. The normalized spacial score (nSPS) is 10.5. The Morgan fingerprint density at radius 3 is 2.00 bits per heavy atom. The van der Waals surface area contributed by atoms with E-state index in [0.717, 1.165) is 0 Å². The molecule has 3 nitrogen and oxygen atoms in total. The molecule has 0 saturated heterocycles. The summed E-state index contributed by atoms with van der Waals surface area (Å²) in [6.07, 6.45) is 0.482. The molecule has 0 rings (SSSR count). The molecule has 8 heteroatoms. The van der Waals surface area contributed by atoms with Crippen molar-refractivity contribution in [3.05, 3.63) is 0 Å². The van der Waals surface area contributed by atoms with E-state index in [1.54, 1.807) is 0 Å². The summed E-state index contributed by atoms with van der Waals surface area (Å²) in [6, 6.07) is 0. The van der Waals surface area contributed by atoms with Crippen LogP contribution in [0.3, 0.4) is 0 Å².